The fourth-order valence-electron chi connectivity index (χ4n) is 2.02. The molecule has 27 heavy (non-hydrogen) atoms. The van der Waals surface area contributed by atoms with Crippen molar-refractivity contribution in [2.45, 2.75) is 0 Å². The van der Waals surface area contributed by atoms with Gasteiger partial charge in [0.1, 0.15) is 5.75 Å². The summed E-state index contributed by atoms with van der Waals surface area (Å²) in [6.07, 6.45) is 1.08. The predicted octanol–water partition coefficient (Wildman–Crippen LogP) is 2.54. The molecule has 0 saturated carbocycles. The van der Waals surface area contributed by atoms with Gasteiger partial charge in [-0.15, -0.1) is 0 Å². The Morgan fingerprint density at radius 2 is 1.67 bits per heavy atom. The van der Waals surface area contributed by atoms with E-state index in [9.17, 15) is 18.0 Å². The zero-order valence-corrected chi connectivity index (χ0v) is 16.3. The average Bonchev–Trinajstić information content (AvgIpc) is 2.64. The molecular formula is C18H18ClNO6S. The number of hydrogen-bond donors (Lipinski definition) is 0. The molecule has 0 aliphatic heterocycles. The van der Waals surface area contributed by atoms with E-state index in [4.69, 9.17) is 21.1 Å². The van der Waals surface area contributed by atoms with Gasteiger partial charge in [-0.3, -0.25) is 9.10 Å². The lowest BCUT2D eigenvalue weighted by molar-refractivity contribution is -0.144. The third kappa shape index (κ3) is 5.97. The van der Waals surface area contributed by atoms with Crippen LogP contribution in [0.5, 0.6) is 5.75 Å². The molecular weight excluding hydrogens is 394 g/mol. The van der Waals surface area contributed by atoms with Crippen LogP contribution in [0.15, 0.2) is 48.5 Å². The maximum Gasteiger partial charge on any atom is 0.344 e. The maximum atomic E-state index is 12.1. The fraction of sp³-hybridized carbons (Fsp3) is 0.222. The highest BCUT2D eigenvalue weighted by molar-refractivity contribution is 7.92. The molecule has 0 radical (unpaired) electrons. The van der Waals surface area contributed by atoms with Crippen LogP contribution in [0.4, 0.5) is 5.69 Å². The number of nitrogens with zero attached hydrogens (tertiary/aromatic N) is 1. The summed E-state index contributed by atoms with van der Waals surface area (Å²) in [5.74, 6) is -0.792. The molecule has 2 rings (SSSR count). The molecule has 0 heterocycles. The SMILES string of the molecule is CN(c1ccc(C(=O)COC(=O)COc2ccccc2Cl)cc1)S(C)(=O)=O. The number of Topliss-reactive ketones (excluding diaryl/α,β-unsaturated/α-hetero) is 1. The summed E-state index contributed by atoms with van der Waals surface area (Å²) in [4.78, 5) is 23.8. The minimum absolute atomic E-state index is 0.292. The number of halogens is 1. The van der Waals surface area contributed by atoms with Crippen LogP contribution >= 0.6 is 11.6 Å². The van der Waals surface area contributed by atoms with Crippen molar-refractivity contribution in [2.75, 3.05) is 30.8 Å². The summed E-state index contributed by atoms with van der Waals surface area (Å²) in [5, 5.41) is 0.362. The molecule has 7 nitrogen and oxygen atoms in total. The summed E-state index contributed by atoms with van der Waals surface area (Å²) in [6, 6.07) is 12.6. The number of ketones is 1. The second-order valence-electron chi connectivity index (χ2n) is 5.58. The molecule has 0 unspecified atom stereocenters. The van der Waals surface area contributed by atoms with Crippen LogP contribution in [-0.4, -0.2) is 46.7 Å². The highest BCUT2D eigenvalue weighted by atomic mass is 35.5. The van der Waals surface area contributed by atoms with Crippen LogP contribution < -0.4 is 9.04 Å². The second kappa shape index (κ2) is 8.88. The van der Waals surface area contributed by atoms with Crippen molar-refractivity contribution in [3.05, 3.63) is 59.1 Å². The second-order valence-corrected chi connectivity index (χ2v) is 8.00. The van der Waals surface area contributed by atoms with Gasteiger partial charge in [0.15, 0.2) is 19.0 Å². The number of para-hydroxylation sites is 1. The van der Waals surface area contributed by atoms with E-state index in [-0.39, 0.29) is 6.61 Å². The molecule has 0 aliphatic rings. The number of ether oxygens (including phenoxy) is 2. The van der Waals surface area contributed by atoms with Gasteiger partial charge in [0.2, 0.25) is 10.0 Å². The lowest BCUT2D eigenvalue weighted by atomic mass is 10.1. The van der Waals surface area contributed by atoms with Gasteiger partial charge in [-0.25, -0.2) is 13.2 Å². The number of esters is 1. The Kier molecular flexibility index (Phi) is 6.81. The number of sulfonamides is 1. The number of carbonyl (C=O) groups is 2. The number of rotatable bonds is 8. The summed E-state index contributed by atoms with van der Waals surface area (Å²) in [5.41, 5.74) is 0.708. The van der Waals surface area contributed by atoms with Crippen LogP contribution in [0.2, 0.25) is 5.02 Å². The topological polar surface area (TPSA) is 90.0 Å². The van der Waals surface area contributed by atoms with Crippen molar-refractivity contribution >= 4 is 39.1 Å². The summed E-state index contributed by atoms with van der Waals surface area (Å²) in [6.45, 7) is -0.832. The molecule has 0 spiro atoms. The first kappa shape index (κ1) is 20.7. The largest absolute Gasteiger partial charge is 0.480 e. The van der Waals surface area contributed by atoms with Gasteiger partial charge in [-0.2, -0.15) is 0 Å². The molecule has 9 heteroatoms. The van der Waals surface area contributed by atoms with Gasteiger partial charge in [0, 0.05) is 12.6 Å². The van der Waals surface area contributed by atoms with E-state index in [1.165, 1.54) is 31.3 Å². The van der Waals surface area contributed by atoms with Gasteiger partial charge in [-0.1, -0.05) is 23.7 Å². The van der Waals surface area contributed by atoms with Crippen LogP contribution in [-0.2, 0) is 19.6 Å². The summed E-state index contributed by atoms with van der Waals surface area (Å²) < 4.78 is 34.2. The molecule has 0 bridgehead atoms. The van der Waals surface area contributed by atoms with E-state index in [0.717, 1.165) is 10.6 Å². The Labute approximate surface area is 162 Å². The first-order valence-corrected chi connectivity index (χ1v) is 10.0. The first-order valence-electron chi connectivity index (χ1n) is 7.78. The molecule has 0 atom stereocenters. The van der Waals surface area contributed by atoms with Crippen molar-refractivity contribution in [1.29, 1.82) is 0 Å². The van der Waals surface area contributed by atoms with Crippen molar-refractivity contribution < 1.29 is 27.5 Å². The van der Waals surface area contributed by atoms with Crippen molar-refractivity contribution in [3.63, 3.8) is 0 Å². The zero-order valence-electron chi connectivity index (χ0n) is 14.7. The van der Waals surface area contributed by atoms with Gasteiger partial charge in [-0.05, 0) is 36.4 Å². The molecule has 144 valence electrons. The predicted molar refractivity (Wildman–Crippen MR) is 102 cm³/mol. The van der Waals surface area contributed by atoms with E-state index in [0.29, 0.717) is 22.0 Å². The lowest BCUT2D eigenvalue weighted by Crippen LogP contribution is -2.24. The Hall–Kier alpha value is -2.58. The smallest absolute Gasteiger partial charge is 0.344 e. The molecule has 0 saturated heterocycles. The highest BCUT2D eigenvalue weighted by Gasteiger charge is 2.14. The van der Waals surface area contributed by atoms with Gasteiger partial charge >= 0.3 is 5.97 Å². The number of anilines is 1. The van der Waals surface area contributed by atoms with E-state index < -0.39 is 28.4 Å². The van der Waals surface area contributed by atoms with Crippen molar-refractivity contribution in [3.8, 4) is 5.75 Å². The maximum absolute atomic E-state index is 12.1. The number of benzene rings is 2. The van der Waals surface area contributed by atoms with E-state index in [1.54, 1.807) is 24.3 Å². The highest BCUT2D eigenvalue weighted by Crippen LogP contribution is 2.23. The summed E-state index contributed by atoms with van der Waals surface area (Å²) in [7, 11) is -1.98. The van der Waals surface area contributed by atoms with Crippen molar-refractivity contribution in [1.82, 2.24) is 0 Å². The van der Waals surface area contributed by atoms with Crippen LogP contribution in [0.3, 0.4) is 0 Å². The van der Waals surface area contributed by atoms with Crippen molar-refractivity contribution in [2.24, 2.45) is 0 Å². The molecule has 0 aromatic heterocycles. The zero-order chi connectivity index (χ0) is 20.0. The Morgan fingerprint density at radius 1 is 1.04 bits per heavy atom. The van der Waals surface area contributed by atoms with E-state index in [1.807, 2.05) is 0 Å². The monoisotopic (exact) mass is 411 g/mol. The molecule has 0 N–H and O–H groups in total. The third-order valence-electron chi connectivity index (χ3n) is 3.60. The molecule has 0 amide bonds. The molecule has 0 aliphatic carbocycles. The number of hydrogen-bond acceptors (Lipinski definition) is 6. The summed E-state index contributed by atoms with van der Waals surface area (Å²) >= 11 is 5.91. The quantitative estimate of drug-likeness (QED) is 0.489. The fourth-order valence-corrected chi connectivity index (χ4v) is 2.71. The van der Waals surface area contributed by atoms with Gasteiger partial charge < -0.3 is 9.47 Å². The van der Waals surface area contributed by atoms with Crippen LogP contribution in [0.1, 0.15) is 10.4 Å². The van der Waals surface area contributed by atoms with Crippen LogP contribution in [0, 0.1) is 0 Å². The molecule has 2 aromatic carbocycles. The molecule has 2 aromatic rings. The number of carbonyl (C=O) groups excluding carboxylic acids is 2. The van der Waals surface area contributed by atoms with E-state index >= 15 is 0 Å². The first-order chi connectivity index (χ1) is 12.7. The minimum atomic E-state index is -3.39. The van der Waals surface area contributed by atoms with E-state index in [2.05, 4.69) is 0 Å². The minimum Gasteiger partial charge on any atom is -0.480 e. The van der Waals surface area contributed by atoms with Gasteiger partial charge in [0.05, 0.1) is 17.0 Å². The third-order valence-corrected chi connectivity index (χ3v) is 5.11. The lowest BCUT2D eigenvalue weighted by Gasteiger charge is -2.16. The van der Waals surface area contributed by atoms with Gasteiger partial charge in [0.25, 0.3) is 0 Å². The normalized spacial score (nSPS) is 10.9. The Morgan fingerprint density at radius 3 is 2.26 bits per heavy atom. The Bertz CT molecular complexity index is 927. The average molecular weight is 412 g/mol. The van der Waals surface area contributed by atoms with Crippen LogP contribution in [0.25, 0.3) is 0 Å². The molecule has 0 fully saturated rings. The standard InChI is InChI=1S/C18H18ClNO6S/c1-20(27(2,23)24)14-9-7-13(8-10-14)16(21)11-26-18(22)12-25-17-6-4-3-5-15(17)19/h3-10H,11-12H2,1-2H3. The Balaban J connectivity index is 1.86.